The van der Waals surface area contributed by atoms with E-state index in [0.717, 1.165) is 12.8 Å². The summed E-state index contributed by atoms with van der Waals surface area (Å²) in [7, 11) is 0. The number of ether oxygens (including phenoxy) is 1. The molecule has 1 heterocycles. The van der Waals surface area contributed by atoms with E-state index in [-0.39, 0.29) is 30.7 Å². The summed E-state index contributed by atoms with van der Waals surface area (Å²) in [5, 5.41) is 9.61. The van der Waals surface area contributed by atoms with Crippen molar-refractivity contribution in [2.24, 2.45) is 0 Å². The van der Waals surface area contributed by atoms with Crippen molar-refractivity contribution in [3.05, 3.63) is 24.3 Å². The standard InChI is InChI=1S/C14H20O4/c1-11-5-4-8-12(15)6-2-3-7-13(16)9-10-14(17)18-11/h2-3,6-7,11-12,15H,4-5,8-10H2,1H3/t11-,12-/m0/s1. The second-order valence-corrected chi connectivity index (χ2v) is 4.51. The van der Waals surface area contributed by atoms with Gasteiger partial charge in [-0.05, 0) is 32.3 Å². The average molecular weight is 252 g/mol. The highest BCUT2D eigenvalue weighted by atomic mass is 16.5. The van der Waals surface area contributed by atoms with E-state index >= 15 is 0 Å². The Morgan fingerprint density at radius 2 is 2.00 bits per heavy atom. The fourth-order valence-corrected chi connectivity index (χ4v) is 1.72. The Morgan fingerprint density at radius 3 is 2.78 bits per heavy atom. The second-order valence-electron chi connectivity index (χ2n) is 4.51. The number of carbonyl (C=O) groups is 2. The van der Waals surface area contributed by atoms with Crippen LogP contribution in [0.5, 0.6) is 0 Å². The lowest BCUT2D eigenvalue weighted by atomic mass is 10.1. The molecule has 4 nitrogen and oxygen atoms in total. The number of cyclic esters (lactones) is 1. The molecule has 0 fully saturated rings. The highest BCUT2D eigenvalue weighted by molar-refractivity contribution is 5.92. The first-order valence-electron chi connectivity index (χ1n) is 6.33. The first-order chi connectivity index (χ1) is 8.58. The number of carbonyl (C=O) groups excluding carboxylic acids is 2. The summed E-state index contributed by atoms with van der Waals surface area (Å²) in [5.41, 5.74) is 0. The van der Waals surface area contributed by atoms with Crippen LogP contribution in [0.2, 0.25) is 0 Å². The molecule has 0 radical (unpaired) electrons. The molecule has 0 aliphatic carbocycles. The number of aliphatic hydroxyl groups excluding tert-OH is 1. The third-order valence-electron chi connectivity index (χ3n) is 2.75. The zero-order valence-electron chi connectivity index (χ0n) is 10.7. The maximum absolute atomic E-state index is 11.4. The second kappa shape index (κ2) is 7.82. The Bertz CT molecular complexity index is 344. The van der Waals surface area contributed by atoms with Crippen LogP contribution >= 0.6 is 0 Å². The summed E-state index contributed by atoms with van der Waals surface area (Å²) in [5.74, 6) is -0.451. The van der Waals surface area contributed by atoms with Gasteiger partial charge >= 0.3 is 5.97 Å². The van der Waals surface area contributed by atoms with Crippen LogP contribution in [0, 0.1) is 0 Å². The molecule has 1 aliphatic heterocycles. The van der Waals surface area contributed by atoms with Crippen molar-refractivity contribution in [2.75, 3.05) is 0 Å². The largest absolute Gasteiger partial charge is 0.463 e. The van der Waals surface area contributed by atoms with Gasteiger partial charge in [0, 0.05) is 6.42 Å². The third kappa shape index (κ3) is 6.35. The quantitative estimate of drug-likeness (QED) is 0.669. The van der Waals surface area contributed by atoms with Crippen molar-refractivity contribution in [1.82, 2.24) is 0 Å². The van der Waals surface area contributed by atoms with Crippen molar-refractivity contribution in [3.63, 3.8) is 0 Å². The van der Waals surface area contributed by atoms with Crippen LogP contribution in [0.3, 0.4) is 0 Å². The molecule has 1 rings (SSSR count). The van der Waals surface area contributed by atoms with Crippen molar-refractivity contribution in [1.29, 1.82) is 0 Å². The normalized spacial score (nSPS) is 27.7. The Labute approximate surface area is 107 Å². The van der Waals surface area contributed by atoms with E-state index in [1.807, 2.05) is 6.92 Å². The first-order valence-corrected chi connectivity index (χ1v) is 6.33. The summed E-state index contributed by atoms with van der Waals surface area (Å²) < 4.78 is 5.16. The van der Waals surface area contributed by atoms with E-state index in [4.69, 9.17) is 4.74 Å². The molecule has 0 amide bonds. The third-order valence-corrected chi connectivity index (χ3v) is 2.75. The zero-order chi connectivity index (χ0) is 13.4. The number of allylic oxidation sites excluding steroid dienone is 3. The van der Waals surface area contributed by atoms with E-state index in [1.54, 1.807) is 18.2 Å². The molecule has 0 aromatic heterocycles. The number of rotatable bonds is 0. The number of esters is 1. The van der Waals surface area contributed by atoms with Crippen LogP contribution < -0.4 is 0 Å². The summed E-state index contributed by atoms with van der Waals surface area (Å²) >= 11 is 0. The Balaban J connectivity index is 2.60. The minimum atomic E-state index is -0.518. The van der Waals surface area contributed by atoms with Crippen molar-refractivity contribution in [2.45, 2.75) is 51.2 Å². The fraction of sp³-hybridized carbons (Fsp3) is 0.571. The summed E-state index contributed by atoms with van der Waals surface area (Å²) in [4.78, 5) is 22.8. The van der Waals surface area contributed by atoms with Gasteiger partial charge in [0.2, 0.25) is 0 Å². The van der Waals surface area contributed by atoms with Crippen molar-refractivity contribution >= 4 is 11.8 Å². The lowest BCUT2D eigenvalue weighted by Crippen LogP contribution is -2.16. The predicted octanol–water partition coefficient (Wildman–Crippen LogP) is 1.92. The summed E-state index contributed by atoms with van der Waals surface area (Å²) in [6, 6.07) is 0. The molecule has 0 unspecified atom stereocenters. The minimum Gasteiger partial charge on any atom is -0.463 e. The molecule has 0 saturated carbocycles. The Hall–Kier alpha value is -1.42. The van der Waals surface area contributed by atoms with E-state index in [9.17, 15) is 14.7 Å². The monoisotopic (exact) mass is 252 g/mol. The predicted molar refractivity (Wildman–Crippen MR) is 67.9 cm³/mol. The van der Waals surface area contributed by atoms with Gasteiger partial charge in [0.1, 0.15) is 0 Å². The molecule has 0 aromatic carbocycles. The summed E-state index contributed by atoms with van der Waals surface area (Å²) in [6.07, 6.45) is 8.07. The van der Waals surface area contributed by atoms with Gasteiger partial charge in [-0.2, -0.15) is 0 Å². The maximum Gasteiger partial charge on any atom is 0.306 e. The van der Waals surface area contributed by atoms with Gasteiger partial charge in [-0.25, -0.2) is 0 Å². The highest BCUT2D eigenvalue weighted by Crippen LogP contribution is 2.10. The molecule has 1 aliphatic rings. The van der Waals surface area contributed by atoms with E-state index < -0.39 is 6.10 Å². The lowest BCUT2D eigenvalue weighted by Gasteiger charge is -2.13. The number of hydrogen-bond donors (Lipinski definition) is 1. The topological polar surface area (TPSA) is 63.6 Å². The van der Waals surface area contributed by atoms with E-state index in [1.165, 1.54) is 6.08 Å². The number of ketones is 1. The van der Waals surface area contributed by atoms with E-state index in [2.05, 4.69) is 0 Å². The zero-order valence-corrected chi connectivity index (χ0v) is 10.7. The van der Waals surface area contributed by atoms with Gasteiger partial charge in [-0.1, -0.05) is 18.2 Å². The van der Waals surface area contributed by atoms with Crippen molar-refractivity contribution < 1.29 is 19.4 Å². The smallest absolute Gasteiger partial charge is 0.306 e. The van der Waals surface area contributed by atoms with Crippen LogP contribution in [0.1, 0.15) is 39.0 Å². The van der Waals surface area contributed by atoms with Crippen LogP contribution in [-0.2, 0) is 14.3 Å². The van der Waals surface area contributed by atoms with Crippen molar-refractivity contribution in [3.8, 4) is 0 Å². The maximum atomic E-state index is 11.4. The fourth-order valence-electron chi connectivity index (χ4n) is 1.72. The molecule has 2 atom stereocenters. The molecule has 0 spiro atoms. The van der Waals surface area contributed by atoms with Gasteiger partial charge in [0.15, 0.2) is 5.78 Å². The molecule has 1 N–H and O–H groups in total. The van der Waals surface area contributed by atoms with Crippen LogP contribution in [0.4, 0.5) is 0 Å². The molecule has 18 heavy (non-hydrogen) atoms. The van der Waals surface area contributed by atoms with Crippen LogP contribution in [-0.4, -0.2) is 29.1 Å². The van der Waals surface area contributed by atoms with Gasteiger partial charge in [-0.15, -0.1) is 0 Å². The van der Waals surface area contributed by atoms with E-state index in [0.29, 0.717) is 6.42 Å². The first kappa shape index (κ1) is 14.6. The molecule has 0 aromatic rings. The highest BCUT2D eigenvalue weighted by Gasteiger charge is 2.11. The van der Waals surface area contributed by atoms with Gasteiger partial charge in [-0.3, -0.25) is 9.59 Å². The Kier molecular flexibility index (Phi) is 6.36. The Morgan fingerprint density at radius 1 is 1.22 bits per heavy atom. The minimum absolute atomic E-state index is 0.115. The SMILES string of the molecule is C[C@H]1CCC[C@@H](O)C=CC=CC(=O)CCC(=O)O1. The molecular formula is C14H20O4. The number of hydrogen-bond acceptors (Lipinski definition) is 4. The van der Waals surface area contributed by atoms with Crippen LogP contribution in [0.15, 0.2) is 24.3 Å². The van der Waals surface area contributed by atoms with Gasteiger partial charge in [0.05, 0.1) is 18.6 Å². The molecule has 4 heteroatoms. The lowest BCUT2D eigenvalue weighted by molar-refractivity contribution is -0.149. The number of aliphatic hydroxyl groups is 1. The van der Waals surface area contributed by atoms with Gasteiger partial charge < -0.3 is 9.84 Å². The molecular weight excluding hydrogens is 232 g/mol. The summed E-state index contributed by atoms with van der Waals surface area (Å²) in [6.45, 7) is 1.83. The van der Waals surface area contributed by atoms with Gasteiger partial charge in [0.25, 0.3) is 0 Å². The molecule has 0 saturated heterocycles. The average Bonchev–Trinajstić information content (AvgIpc) is 2.31. The molecule has 100 valence electrons. The molecule has 0 bridgehead atoms. The van der Waals surface area contributed by atoms with Crippen LogP contribution in [0.25, 0.3) is 0 Å².